The van der Waals surface area contributed by atoms with Crippen LogP contribution in [0.15, 0.2) is 96.2 Å². The van der Waals surface area contributed by atoms with Gasteiger partial charge in [0.05, 0.1) is 5.56 Å². The summed E-state index contributed by atoms with van der Waals surface area (Å²) in [5.41, 5.74) is 2.73. The Hall–Kier alpha value is -3.20. The first-order valence-corrected chi connectivity index (χ1v) is 9.49. The molecule has 0 N–H and O–H groups in total. The Bertz CT molecular complexity index is 939. The van der Waals surface area contributed by atoms with E-state index < -0.39 is 5.97 Å². The molecule has 3 aromatic carbocycles. The normalized spacial score (nSPS) is 19.3. The molecule has 0 aliphatic heterocycles. The Kier molecular flexibility index (Phi) is 4.60. The van der Waals surface area contributed by atoms with Crippen LogP contribution in [0, 0.1) is 11.3 Å². The predicted molar refractivity (Wildman–Crippen MR) is 111 cm³/mol. The van der Waals surface area contributed by atoms with Gasteiger partial charge in [-0.15, -0.1) is 0 Å². The Morgan fingerprint density at radius 3 is 1.79 bits per heavy atom. The van der Waals surface area contributed by atoms with Crippen LogP contribution in [0.1, 0.15) is 35.3 Å². The van der Waals surface area contributed by atoms with Crippen LogP contribution < -0.4 is 0 Å². The number of rotatable bonds is 5. The zero-order valence-electron chi connectivity index (χ0n) is 16.1. The fourth-order valence-corrected chi connectivity index (χ4v) is 4.54. The van der Waals surface area contributed by atoms with E-state index in [0.717, 1.165) is 0 Å². The number of hydrogen-bond acceptors (Lipinski definition) is 3. The maximum atomic E-state index is 12.2. The van der Waals surface area contributed by atoms with Gasteiger partial charge in [-0.1, -0.05) is 97.9 Å². The van der Waals surface area contributed by atoms with E-state index in [2.05, 4.69) is 67.5 Å². The highest BCUT2D eigenvalue weighted by Crippen LogP contribution is 2.71. The standard InChI is InChI=1S/C25H23NO2/c1-24(2)22(18-26-28-23(27)19-12-6-3-7-13-19)25(24,20-14-8-4-9-15-20)21-16-10-5-11-17-21/h3-18,22H,1-2H3/b26-18-. The van der Waals surface area contributed by atoms with Crippen molar-refractivity contribution in [3.8, 4) is 0 Å². The molecule has 1 aliphatic rings. The summed E-state index contributed by atoms with van der Waals surface area (Å²) in [6, 6.07) is 29.9. The zero-order chi connectivity index (χ0) is 19.6. The molecule has 0 amide bonds. The van der Waals surface area contributed by atoms with E-state index in [1.165, 1.54) is 11.1 Å². The van der Waals surface area contributed by atoms with Crippen molar-refractivity contribution in [3.05, 3.63) is 108 Å². The van der Waals surface area contributed by atoms with Crippen molar-refractivity contribution in [1.29, 1.82) is 0 Å². The zero-order valence-corrected chi connectivity index (χ0v) is 16.1. The molecular weight excluding hydrogens is 346 g/mol. The Morgan fingerprint density at radius 1 is 0.821 bits per heavy atom. The van der Waals surface area contributed by atoms with Crippen LogP contribution in [0.25, 0.3) is 0 Å². The van der Waals surface area contributed by atoms with E-state index in [0.29, 0.717) is 5.56 Å². The lowest BCUT2D eigenvalue weighted by atomic mass is 9.81. The molecular formula is C25H23NO2. The third kappa shape index (κ3) is 2.84. The van der Waals surface area contributed by atoms with Crippen molar-refractivity contribution in [3.63, 3.8) is 0 Å². The molecule has 1 saturated carbocycles. The fourth-order valence-electron chi connectivity index (χ4n) is 4.54. The summed E-state index contributed by atoms with van der Waals surface area (Å²) >= 11 is 0. The van der Waals surface area contributed by atoms with E-state index in [9.17, 15) is 4.79 Å². The molecule has 0 bridgehead atoms. The quantitative estimate of drug-likeness (QED) is 0.340. The molecule has 1 aliphatic carbocycles. The summed E-state index contributed by atoms with van der Waals surface area (Å²) in [5, 5.41) is 4.08. The van der Waals surface area contributed by atoms with Crippen molar-refractivity contribution in [2.75, 3.05) is 0 Å². The van der Waals surface area contributed by atoms with Gasteiger partial charge in [0.25, 0.3) is 0 Å². The number of nitrogens with zero attached hydrogens (tertiary/aromatic N) is 1. The smallest absolute Gasteiger partial charge is 0.313 e. The molecule has 0 saturated heterocycles. The van der Waals surface area contributed by atoms with Crippen LogP contribution in [0.5, 0.6) is 0 Å². The van der Waals surface area contributed by atoms with Gasteiger partial charge in [0.1, 0.15) is 0 Å². The van der Waals surface area contributed by atoms with E-state index in [1.807, 2.05) is 18.2 Å². The third-order valence-corrected chi connectivity index (χ3v) is 5.99. The summed E-state index contributed by atoms with van der Waals surface area (Å²) in [4.78, 5) is 17.3. The number of oxime groups is 1. The van der Waals surface area contributed by atoms with Gasteiger partial charge in [0, 0.05) is 17.5 Å². The highest BCUT2D eigenvalue weighted by molar-refractivity contribution is 5.89. The molecule has 4 rings (SSSR count). The summed E-state index contributed by atoms with van der Waals surface area (Å²) in [6.45, 7) is 4.48. The maximum absolute atomic E-state index is 12.2. The van der Waals surface area contributed by atoms with Gasteiger partial charge in [0.2, 0.25) is 0 Å². The number of hydrogen-bond donors (Lipinski definition) is 0. The lowest BCUT2D eigenvalue weighted by molar-refractivity contribution is 0.0517. The first-order chi connectivity index (χ1) is 13.6. The average Bonchev–Trinajstić information content (AvgIpc) is 3.25. The lowest BCUT2D eigenvalue weighted by Crippen LogP contribution is -2.17. The number of carbonyl (C=O) groups is 1. The van der Waals surface area contributed by atoms with Crippen LogP contribution in [-0.2, 0) is 10.3 Å². The molecule has 0 aromatic heterocycles. The first kappa shape index (κ1) is 18.2. The van der Waals surface area contributed by atoms with Gasteiger partial charge >= 0.3 is 5.97 Å². The van der Waals surface area contributed by atoms with Crippen LogP contribution in [0.3, 0.4) is 0 Å². The van der Waals surface area contributed by atoms with Crippen molar-refractivity contribution in [2.45, 2.75) is 19.3 Å². The minimum Gasteiger partial charge on any atom is -0.313 e. The largest absolute Gasteiger partial charge is 0.365 e. The predicted octanol–water partition coefficient (Wildman–Crippen LogP) is 5.47. The fraction of sp³-hybridized carbons (Fsp3) is 0.200. The molecule has 140 valence electrons. The first-order valence-electron chi connectivity index (χ1n) is 9.49. The molecule has 1 unspecified atom stereocenters. The number of benzene rings is 3. The van der Waals surface area contributed by atoms with Gasteiger partial charge in [-0.3, -0.25) is 0 Å². The van der Waals surface area contributed by atoms with E-state index in [4.69, 9.17) is 4.84 Å². The third-order valence-electron chi connectivity index (χ3n) is 5.99. The lowest BCUT2D eigenvalue weighted by Gasteiger charge is -2.22. The van der Waals surface area contributed by atoms with Crippen molar-refractivity contribution in [2.24, 2.45) is 16.5 Å². The molecule has 3 nitrogen and oxygen atoms in total. The van der Waals surface area contributed by atoms with Gasteiger partial charge in [-0.05, 0) is 28.7 Å². The Morgan fingerprint density at radius 2 is 1.29 bits per heavy atom. The summed E-state index contributed by atoms with van der Waals surface area (Å²) in [7, 11) is 0. The molecule has 28 heavy (non-hydrogen) atoms. The number of carbonyl (C=O) groups excluding carboxylic acids is 1. The molecule has 0 heterocycles. The highest BCUT2D eigenvalue weighted by Gasteiger charge is 2.71. The van der Waals surface area contributed by atoms with Gasteiger partial charge in [0.15, 0.2) is 0 Å². The topological polar surface area (TPSA) is 38.7 Å². The van der Waals surface area contributed by atoms with Crippen LogP contribution in [0.2, 0.25) is 0 Å². The monoisotopic (exact) mass is 369 g/mol. The van der Waals surface area contributed by atoms with Gasteiger partial charge < -0.3 is 4.84 Å². The maximum Gasteiger partial charge on any atom is 0.365 e. The summed E-state index contributed by atoms with van der Waals surface area (Å²) in [5.74, 6) is -0.325. The van der Waals surface area contributed by atoms with Gasteiger partial charge in [-0.2, -0.15) is 0 Å². The second kappa shape index (κ2) is 7.08. The Labute approximate surface area is 165 Å². The molecule has 1 fully saturated rings. The minimum absolute atomic E-state index is 0.0572. The summed E-state index contributed by atoms with van der Waals surface area (Å²) in [6.07, 6.45) is 1.79. The van der Waals surface area contributed by atoms with Crippen LogP contribution in [0.4, 0.5) is 0 Å². The van der Waals surface area contributed by atoms with Gasteiger partial charge in [-0.25, -0.2) is 4.79 Å². The second-order valence-corrected chi connectivity index (χ2v) is 7.74. The van der Waals surface area contributed by atoms with Crippen molar-refractivity contribution < 1.29 is 9.63 Å². The van der Waals surface area contributed by atoms with E-state index >= 15 is 0 Å². The Balaban J connectivity index is 1.64. The summed E-state index contributed by atoms with van der Waals surface area (Å²) < 4.78 is 0. The van der Waals surface area contributed by atoms with Crippen LogP contribution >= 0.6 is 0 Å². The second-order valence-electron chi connectivity index (χ2n) is 7.74. The van der Waals surface area contributed by atoms with Crippen molar-refractivity contribution >= 4 is 12.2 Å². The minimum atomic E-state index is -0.444. The van der Waals surface area contributed by atoms with Crippen LogP contribution in [-0.4, -0.2) is 12.2 Å². The SMILES string of the molecule is CC1(C)C(/C=N\OC(=O)c2ccccc2)C1(c1ccccc1)c1ccccc1. The molecule has 0 radical (unpaired) electrons. The van der Waals surface area contributed by atoms with E-state index in [-0.39, 0.29) is 16.7 Å². The molecule has 3 heteroatoms. The molecule has 1 atom stereocenters. The molecule has 3 aromatic rings. The van der Waals surface area contributed by atoms with Crippen molar-refractivity contribution in [1.82, 2.24) is 0 Å². The highest BCUT2D eigenvalue weighted by atomic mass is 16.7. The van der Waals surface area contributed by atoms with E-state index in [1.54, 1.807) is 30.5 Å². The average molecular weight is 369 g/mol. The molecule has 0 spiro atoms.